The Morgan fingerprint density at radius 3 is 2.59 bits per heavy atom. The molecule has 1 saturated heterocycles. The quantitative estimate of drug-likeness (QED) is 0.867. The number of rotatable bonds is 3. The van der Waals surface area contributed by atoms with Gasteiger partial charge in [0.1, 0.15) is 11.3 Å². The van der Waals surface area contributed by atoms with Gasteiger partial charge in [-0.05, 0) is 36.9 Å². The highest BCUT2D eigenvalue weighted by Crippen LogP contribution is 2.30. The summed E-state index contributed by atoms with van der Waals surface area (Å²) in [5.74, 6) is 1.20. The van der Waals surface area contributed by atoms with Crippen LogP contribution in [0.15, 0.2) is 18.3 Å². The molecular formula is C18H28N4. The molecule has 1 aliphatic rings. The molecule has 4 heteroatoms. The van der Waals surface area contributed by atoms with Crippen molar-refractivity contribution < 1.29 is 0 Å². The van der Waals surface area contributed by atoms with Gasteiger partial charge in [-0.3, -0.25) is 0 Å². The Labute approximate surface area is 133 Å². The molecular weight excluding hydrogens is 272 g/mol. The largest absolute Gasteiger partial charge is 0.309 e. The standard InChI is InChI=1S/C18H28N4/c1-5-21-11-8-14(9-12-21)22-16(13-18(2,3)4)20-15-7-6-10-19-17(15)22/h6-7,10,14H,5,8-9,11-13H2,1-4H3. The fraction of sp³-hybridized carbons (Fsp3) is 0.667. The van der Waals surface area contributed by atoms with Crippen LogP contribution in [0.5, 0.6) is 0 Å². The molecule has 2 aromatic heterocycles. The molecule has 0 unspecified atom stereocenters. The number of imidazole rings is 1. The minimum absolute atomic E-state index is 0.239. The summed E-state index contributed by atoms with van der Waals surface area (Å²) in [5, 5.41) is 0. The SMILES string of the molecule is CCN1CCC(n2c(CC(C)(C)C)nc3cccnc32)CC1. The van der Waals surface area contributed by atoms with E-state index in [0.717, 1.165) is 24.1 Å². The van der Waals surface area contributed by atoms with Gasteiger partial charge in [-0.1, -0.05) is 27.7 Å². The van der Waals surface area contributed by atoms with Crippen molar-refractivity contribution in [2.24, 2.45) is 5.41 Å². The summed E-state index contributed by atoms with van der Waals surface area (Å²) in [4.78, 5) is 12.1. The predicted molar refractivity (Wildman–Crippen MR) is 91.1 cm³/mol. The van der Waals surface area contributed by atoms with Crippen molar-refractivity contribution in [2.75, 3.05) is 19.6 Å². The Hall–Kier alpha value is -1.42. The molecule has 0 bridgehead atoms. The van der Waals surface area contributed by atoms with Gasteiger partial charge in [0.2, 0.25) is 0 Å². The molecule has 4 nitrogen and oxygen atoms in total. The number of hydrogen-bond donors (Lipinski definition) is 0. The van der Waals surface area contributed by atoms with Crippen molar-refractivity contribution in [3.8, 4) is 0 Å². The van der Waals surface area contributed by atoms with Crippen LogP contribution < -0.4 is 0 Å². The highest BCUT2D eigenvalue weighted by Gasteiger charge is 2.26. The average molecular weight is 300 g/mol. The maximum atomic E-state index is 4.90. The van der Waals surface area contributed by atoms with Crippen molar-refractivity contribution in [1.29, 1.82) is 0 Å². The molecule has 1 aliphatic heterocycles. The van der Waals surface area contributed by atoms with Crippen molar-refractivity contribution in [2.45, 2.75) is 53.0 Å². The summed E-state index contributed by atoms with van der Waals surface area (Å²) in [6.45, 7) is 12.6. The lowest BCUT2D eigenvalue weighted by Gasteiger charge is -2.33. The Bertz CT molecular complexity index is 630. The Balaban J connectivity index is 1.97. The number of aromatic nitrogens is 3. The zero-order valence-electron chi connectivity index (χ0n) is 14.3. The van der Waals surface area contributed by atoms with E-state index in [0.29, 0.717) is 6.04 Å². The Kier molecular flexibility index (Phi) is 4.22. The van der Waals surface area contributed by atoms with Gasteiger partial charge in [-0.25, -0.2) is 9.97 Å². The summed E-state index contributed by atoms with van der Waals surface area (Å²) in [6, 6.07) is 4.62. The van der Waals surface area contributed by atoms with E-state index in [4.69, 9.17) is 4.98 Å². The zero-order valence-corrected chi connectivity index (χ0v) is 14.3. The Morgan fingerprint density at radius 2 is 1.95 bits per heavy atom. The van der Waals surface area contributed by atoms with Gasteiger partial charge in [0.05, 0.1) is 0 Å². The number of nitrogens with zero attached hydrogens (tertiary/aromatic N) is 4. The molecule has 0 N–H and O–H groups in total. The van der Waals surface area contributed by atoms with Crippen molar-refractivity contribution in [1.82, 2.24) is 19.4 Å². The van der Waals surface area contributed by atoms with Gasteiger partial charge in [-0.2, -0.15) is 0 Å². The summed E-state index contributed by atoms with van der Waals surface area (Å²) in [7, 11) is 0. The number of fused-ring (bicyclic) bond motifs is 1. The molecule has 0 amide bonds. The molecule has 0 radical (unpaired) electrons. The van der Waals surface area contributed by atoms with E-state index >= 15 is 0 Å². The number of piperidine rings is 1. The molecule has 0 atom stereocenters. The lowest BCUT2D eigenvalue weighted by molar-refractivity contribution is 0.193. The summed E-state index contributed by atoms with van der Waals surface area (Å²) in [6.07, 6.45) is 5.29. The van der Waals surface area contributed by atoms with Gasteiger partial charge in [0.25, 0.3) is 0 Å². The molecule has 0 spiro atoms. The van der Waals surface area contributed by atoms with Crippen LogP contribution in [0.4, 0.5) is 0 Å². The average Bonchev–Trinajstić information content (AvgIpc) is 2.83. The van der Waals surface area contributed by atoms with Gasteiger partial charge in [-0.15, -0.1) is 0 Å². The highest BCUT2D eigenvalue weighted by molar-refractivity contribution is 5.71. The van der Waals surface area contributed by atoms with Crippen LogP contribution >= 0.6 is 0 Å². The molecule has 1 fully saturated rings. The normalized spacial score (nSPS) is 18.2. The lowest BCUT2D eigenvalue weighted by atomic mass is 9.91. The summed E-state index contributed by atoms with van der Waals surface area (Å²) < 4.78 is 2.44. The second kappa shape index (κ2) is 5.99. The molecule has 0 saturated carbocycles. The number of pyridine rings is 1. The first-order valence-corrected chi connectivity index (χ1v) is 8.52. The van der Waals surface area contributed by atoms with Crippen LogP contribution in [0.2, 0.25) is 0 Å². The van der Waals surface area contributed by atoms with E-state index in [9.17, 15) is 0 Å². The highest BCUT2D eigenvalue weighted by atomic mass is 15.2. The predicted octanol–water partition coefficient (Wildman–Crippen LogP) is 3.68. The minimum atomic E-state index is 0.239. The Morgan fingerprint density at radius 1 is 1.23 bits per heavy atom. The van der Waals surface area contributed by atoms with E-state index in [-0.39, 0.29) is 5.41 Å². The third kappa shape index (κ3) is 3.17. The van der Waals surface area contributed by atoms with E-state index < -0.39 is 0 Å². The van der Waals surface area contributed by atoms with Crippen LogP contribution in [-0.4, -0.2) is 39.1 Å². The molecule has 2 aromatic rings. The summed E-state index contributed by atoms with van der Waals surface area (Å²) in [5.41, 5.74) is 2.35. The molecule has 3 heterocycles. The first-order chi connectivity index (χ1) is 10.5. The maximum absolute atomic E-state index is 4.90. The van der Waals surface area contributed by atoms with Gasteiger partial charge in [0.15, 0.2) is 5.65 Å². The van der Waals surface area contributed by atoms with E-state index in [1.807, 2.05) is 12.3 Å². The second-order valence-corrected chi connectivity index (χ2v) is 7.65. The van der Waals surface area contributed by atoms with E-state index in [1.54, 1.807) is 0 Å². The van der Waals surface area contributed by atoms with E-state index in [2.05, 4.69) is 48.2 Å². The lowest BCUT2D eigenvalue weighted by Crippen LogP contribution is -2.35. The van der Waals surface area contributed by atoms with Gasteiger partial charge in [0, 0.05) is 31.7 Å². The number of likely N-dealkylation sites (tertiary alicyclic amines) is 1. The smallest absolute Gasteiger partial charge is 0.160 e. The fourth-order valence-corrected chi connectivity index (χ4v) is 3.45. The van der Waals surface area contributed by atoms with Crippen LogP contribution in [0, 0.1) is 5.41 Å². The zero-order chi connectivity index (χ0) is 15.7. The fourth-order valence-electron chi connectivity index (χ4n) is 3.45. The molecule has 0 aliphatic carbocycles. The van der Waals surface area contributed by atoms with Crippen molar-refractivity contribution in [3.63, 3.8) is 0 Å². The molecule has 3 rings (SSSR count). The van der Waals surface area contributed by atoms with Crippen molar-refractivity contribution in [3.05, 3.63) is 24.2 Å². The van der Waals surface area contributed by atoms with Crippen LogP contribution in [0.1, 0.15) is 52.4 Å². The third-order valence-electron chi connectivity index (χ3n) is 4.58. The van der Waals surface area contributed by atoms with Gasteiger partial charge < -0.3 is 9.47 Å². The second-order valence-electron chi connectivity index (χ2n) is 7.65. The van der Waals surface area contributed by atoms with E-state index in [1.165, 1.54) is 31.8 Å². The van der Waals surface area contributed by atoms with Crippen molar-refractivity contribution >= 4 is 11.2 Å². The first-order valence-electron chi connectivity index (χ1n) is 8.52. The van der Waals surface area contributed by atoms with Gasteiger partial charge >= 0.3 is 0 Å². The molecule has 120 valence electrons. The summed E-state index contributed by atoms with van der Waals surface area (Å²) >= 11 is 0. The first kappa shape index (κ1) is 15.5. The topological polar surface area (TPSA) is 34.0 Å². The third-order valence-corrected chi connectivity index (χ3v) is 4.58. The van der Waals surface area contributed by atoms with Crippen LogP contribution in [-0.2, 0) is 6.42 Å². The maximum Gasteiger partial charge on any atom is 0.160 e. The molecule has 22 heavy (non-hydrogen) atoms. The number of hydrogen-bond acceptors (Lipinski definition) is 3. The minimum Gasteiger partial charge on any atom is -0.309 e. The molecule has 0 aromatic carbocycles. The monoisotopic (exact) mass is 300 g/mol. The van der Waals surface area contributed by atoms with Crippen LogP contribution in [0.25, 0.3) is 11.2 Å². The van der Waals surface area contributed by atoms with Crippen LogP contribution in [0.3, 0.4) is 0 Å².